The number of anilines is 1. The minimum atomic E-state index is -3.85. The maximum absolute atomic E-state index is 11.5. The Morgan fingerprint density at radius 1 is 1.44 bits per heavy atom. The van der Waals surface area contributed by atoms with Crippen LogP contribution in [0.5, 0.6) is 0 Å². The van der Waals surface area contributed by atoms with Gasteiger partial charge < -0.3 is 5.11 Å². The average Bonchev–Trinajstić information content (AvgIpc) is 2.21. The van der Waals surface area contributed by atoms with Gasteiger partial charge in [0.15, 0.2) is 5.75 Å². The largest absolute Gasteiger partial charge is 0.478 e. The summed E-state index contributed by atoms with van der Waals surface area (Å²) in [5.74, 6) is -1.95. The molecule has 2 N–H and O–H groups in total. The number of nitrogens with zero attached hydrogens (tertiary/aromatic N) is 1. The van der Waals surface area contributed by atoms with Gasteiger partial charge in [-0.15, -0.1) is 0 Å². The summed E-state index contributed by atoms with van der Waals surface area (Å²) < 4.78 is 25.1. The van der Waals surface area contributed by atoms with Crippen LogP contribution >= 0.6 is 0 Å². The molecule has 0 saturated heterocycles. The van der Waals surface area contributed by atoms with E-state index in [4.69, 9.17) is 10.4 Å². The number of sulfonamides is 1. The molecule has 0 aromatic heterocycles. The van der Waals surface area contributed by atoms with Crippen LogP contribution in [0, 0.1) is 25.2 Å². The smallest absolute Gasteiger partial charge is 0.337 e. The monoisotopic (exact) mass is 268 g/mol. The van der Waals surface area contributed by atoms with Crippen molar-refractivity contribution in [1.29, 1.82) is 5.26 Å². The first kappa shape index (κ1) is 14.0. The van der Waals surface area contributed by atoms with Crippen LogP contribution in [0.1, 0.15) is 21.5 Å². The molecule has 0 radical (unpaired) electrons. The number of hydrogen-bond donors (Lipinski definition) is 2. The quantitative estimate of drug-likeness (QED) is 0.854. The van der Waals surface area contributed by atoms with Gasteiger partial charge in [-0.1, -0.05) is 6.07 Å². The molecule has 7 heteroatoms. The standard InChI is InChI=1S/C11H12N2O4S/c1-7-5-8(2)10(9(6-7)11(14)15)13-18(16,17)4-3-12/h5-6,13H,4H2,1-2H3,(H,14,15). The van der Waals surface area contributed by atoms with Crippen LogP contribution < -0.4 is 4.72 Å². The molecule has 6 nitrogen and oxygen atoms in total. The van der Waals surface area contributed by atoms with Crippen LogP contribution in [-0.2, 0) is 10.0 Å². The average molecular weight is 268 g/mol. The van der Waals surface area contributed by atoms with Gasteiger partial charge in [0.2, 0.25) is 10.0 Å². The third-order valence-electron chi connectivity index (χ3n) is 2.22. The Balaban J connectivity index is 3.33. The van der Waals surface area contributed by atoms with Crippen molar-refractivity contribution in [3.8, 4) is 6.07 Å². The minimum absolute atomic E-state index is 0.00310. The number of carboxylic acid groups (broad SMARTS) is 1. The molecule has 0 unspecified atom stereocenters. The number of aromatic carboxylic acids is 1. The molecule has 1 aromatic rings. The van der Waals surface area contributed by atoms with Crippen LogP contribution in [0.15, 0.2) is 12.1 Å². The van der Waals surface area contributed by atoms with Crippen molar-refractivity contribution in [1.82, 2.24) is 0 Å². The van der Waals surface area contributed by atoms with Crippen molar-refractivity contribution in [2.75, 3.05) is 10.5 Å². The van der Waals surface area contributed by atoms with E-state index in [1.165, 1.54) is 12.1 Å². The molecule has 1 aromatic carbocycles. The second kappa shape index (κ2) is 5.06. The zero-order valence-electron chi connectivity index (χ0n) is 9.89. The molecule has 0 amide bonds. The number of nitrogens with one attached hydrogen (secondary N) is 1. The summed E-state index contributed by atoms with van der Waals surface area (Å²) >= 11 is 0. The summed E-state index contributed by atoms with van der Waals surface area (Å²) in [5.41, 5.74) is 1.08. The Kier molecular flexibility index (Phi) is 3.93. The molecular weight excluding hydrogens is 256 g/mol. The van der Waals surface area contributed by atoms with Crippen molar-refractivity contribution in [2.24, 2.45) is 0 Å². The van der Waals surface area contributed by atoms with Crippen molar-refractivity contribution in [3.63, 3.8) is 0 Å². The van der Waals surface area contributed by atoms with Crippen LogP contribution in [-0.4, -0.2) is 25.2 Å². The van der Waals surface area contributed by atoms with Gasteiger partial charge in [0.25, 0.3) is 0 Å². The molecule has 0 fully saturated rings. The van der Waals surface area contributed by atoms with E-state index < -0.39 is 21.7 Å². The summed E-state index contributed by atoms with van der Waals surface area (Å²) in [6.07, 6.45) is 0. The van der Waals surface area contributed by atoms with E-state index in [-0.39, 0.29) is 11.3 Å². The van der Waals surface area contributed by atoms with Gasteiger partial charge in [0.05, 0.1) is 17.3 Å². The summed E-state index contributed by atoms with van der Waals surface area (Å²) in [6, 6.07) is 4.55. The molecule has 0 aliphatic heterocycles. The highest BCUT2D eigenvalue weighted by Gasteiger charge is 2.18. The van der Waals surface area contributed by atoms with E-state index in [1.807, 2.05) is 0 Å². The fraction of sp³-hybridized carbons (Fsp3) is 0.273. The maximum atomic E-state index is 11.5. The van der Waals surface area contributed by atoms with E-state index in [1.54, 1.807) is 19.9 Å². The normalized spacial score (nSPS) is 10.7. The Morgan fingerprint density at radius 3 is 2.56 bits per heavy atom. The third kappa shape index (κ3) is 3.21. The number of rotatable bonds is 4. The van der Waals surface area contributed by atoms with Crippen molar-refractivity contribution >= 4 is 21.7 Å². The number of aryl methyl sites for hydroxylation is 2. The highest BCUT2D eigenvalue weighted by Crippen LogP contribution is 2.24. The van der Waals surface area contributed by atoms with Gasteiger partial charge in [-0.3, -0.25) is 4.72 Å². The van der Waals surface area contributed by atoms with Crippen molar-refractivity contribution in [3.05, 3.63) is 28.8 Å². The molecular formula is C11H12N2O4S. The highest BCUT2D eigenvalue weighted by atomic mass is 32.2. The van der Waals surface area contributed by atoms with Crippen LogP contribution in [0.25, 0.3) is 0 Å². The first-order valence-corrected chi connectivity index (χ1v) is 6.64. The number of nitriles is 1. The zero-order valence-corrected chi connectivity index (χ0v) is 10.7. The van der Waals surface area contributed by atoms with Crippen LogP contribution in [0.4, 0.5) is 5.69 Å². The molecule has 0 aliphatic carbocycles. The van der Waals surface area contributed by atoms with Crippen LogP contribution in [0.2, 0.25) is 0 Å². The molecule has 0 aliphatic rings. The van der Waals surface area contributed by atoms with Gasteiger partial charge in [-0.25, -0.2) is 13.2 Å². The molecule has 0 bridgehead atoms. The number of carboxylic acids is 1. The molecule has 0 spiro atoms. The number of hydrogen-bond acceptors (Lipinski definition) is 4. The predicted molar refractivity (Wildman–Crippen MR) is 65.9 cm³/mol. The van der Waals surface area contributed by atoms with E-state index in [0.29, 0.717) is 11.1 Å². The van der Waals surface area contributed by atoms with E-state index in [2.05, 4.69) is 4.72 Å². The first-order valence-electron chi connectivity index (χ1n) is 4.99. The van der Waals surface area contributed by atoms with Crippen LogP contribution in [0.3, 0.4) is 0 Å². The number of benzene rings is 1. The van der Waals surface area contributed by atoms with Crippen molar-refractivity contribution < 1.29 is 18.3 Å². The lowest BCUT2D eigenvalue weighted by atomic mass is 10.0. The maximum Gasteiger partial charge on any atom is 0.337 e. The Labute approximate surface area is 105 Å². The second-order valence-corrected chi connectivity index (χ2v) is 5.55. The fourth-order valence-electron chi connectivity index (χ4n) is 1.55. The molecule has 18 heavy (non-hydrogen) atoms. The lowest BCUT2D eigenvalue weighted by Gasteiger charge is -2.12. The first-order chi connectivity index (χ1) is 8.26. The summed E-state index contributed by atoms with van der Waals surface area (Å²) in [5, 5.41) is 17.4. The SMILES string of the molecule is Cc1cc(C)c(NS(=O)(=O)CC#N)c(C(=O)O)c1. The summed E-state index contributed by atoms with van der Waals surface area (Å²) in [7, 11) is -3.85. The molecule has 1 rings (SSSR count). The zero-order chi connectivity index (χ0) is 13.9. The predicted octanol–water partition coefficient (Wildman–Crippen LogP) is 1.27. The van der Waals surface area contributed by atoms with E-state index in [9.17, 15) is 13.2 Å². The lowest BCUT2D eigenvalue weighted by Crippen LogP contribution is -2.18. The third-order valence-corrected chi connectivity index (χ3v) is 3.25. The second-order valence-electron chi connectivity index (χ2n) is 3.83. The fourth-order valence-corrected chi connectivity index (χ4v) is 2.37. The van der Waals surface area contributed by atoms with Gasteiger partial charge in [-0.2, -0.15) is 5.26 Å². The lowest BCUT2D eigenvalue weighted by molar-refractivity contribution is 0.0698. The molecule has 0 heterocycles. The van der Waals surface area contributed by atoms with Gasteiger partial charge in [-0.05, 0) is 31.0 Å². The molecule has 96 valence electrons. The summed E-state index contributed by atoms with van der Waals surface area (Å²) in [4.78, 5) is 11.1. The molecule has 0 atom stereocenters. The van der Waals surface area contributed by atoms with E-state index in [0.717, 1.165) is 0 Å². The minimum Gasteiger partial charge on any atom is -0.478 e. The Hall–Kier alpha value is -2.07. The highest BCUT2D eigenvalue weighted by molar-refractivity contribution is 7.92. The summed E-state index contributed by atoms with van der Waals surface area (Å²) in [6.45, 7) is 3.32. The Morgan fingerprint density at radius 2 is 2.06 bits per heavy atom. The van der Waals surface area contributed by atoms with Gasteiger partial charge in [0.1, 0.15) is 0 Å². The van der Waals surface area contributed by atoms with Crippen molar-refractivity contribution in [2.45, 2.75) is 13.8 Å². The molecule has 0 saturated carbocycles. The number of carbonyl (C=O) groups is 1. The van der Waals surface area contributed by atoms with E-state index >= 15 is 0 Å². The topological polar surface area (TPSA) is 107 Å². The van der Waals surface area contributed by atoms with Gasteiger partial charge in [0, 0.05) is 0 Å². The van der Waals surface area contributed by atoms with Gasteiger partial charge >= 0.3 is 5.97 Å². The Bertz CT molecular complexity index is 629.